The number of fused-ring (bicyclic) bond motifs is 2. The molecule has 1 aliphatic rings. The monoisotopic (exact) mass is 499 g/mol. The summed E-state index contributed by atoms with van der Waals surface area (Å²) in [5.74, 6) is 2.32. The van der Waals surface area contributed by atoms with E-state index in [0.717, 1.165) is 65.3 Å². The van der Waals surface area contributed by atoms with Crippen LogP contribution in [-0.4, -0.2) is 42.4 Å². The molecule has 3 heterocycles. The van der Waals surface area contributed by atoms with Gasteiger partial charge in [-0.1, -0.05) is 24.3 Å². The van der Waals surface area contributed by atoms with Crippen LogP contribution in [0.1, 0.15) is 42.6 Å². The van der Waals surface area contributed by atoms with Gasteiger partial charge in [0.05, 0.1) is 32.8 Å². The van der Waals surface area contributed by atoms with E-state index in [2.05, 4.69) is 22.0 Å². The van der Waals surface area contributed by atoms with Crippen molar-refractivity contribution >= 4 is 22.7 Å². The van der Waals surface area contributed by atoms with Crippen LogP contribution >= 0.6 is 0 Å². The van der Waals surface area contributed by atoms with E-state index in [-0.39, 0.29) is 18.4 Å². The normalized spacial score (nSPS) is 13.5. The molecule has 7 heteroatoms. The molecule has 1 N–H and O–H groups in total. The molecule has 5 rings (SSSR count). The molecule has 2 aromatic carbocycles. The third-order valence-electron chi connectivity index (χ3n) is 6.77. The van der Waals surface area contributed by atoms with E-state index in [9.17, 15) is 4.79 Å². The molecule has 0 radical (unpaired) electrons. The Morgan fingerprint density at radius 1 is 1.14 bits per heavy atom. The van der Waals surface area contributed by atoms with Crippen molar-refractivity contribution in [2.24, 2.45) is 0 Å². The molecule has 1 unspecified atom stereocenters. The van der Waals surface area contributed by atoms with E-state index in [0.29, 0.717) is 13.2 Å². The molecule has 0 amide bonds. The average Bonchev–Trinajstić information content (AvgIpc) is 3.35. The summed E-state index contributed by atoms with van der Waals surface area (Å²) in [7, 11) is 1.65. The number of nitrogens with zero attached hydrogens (tertiary/aromatic N) is 2. The van der Waals surface area contributed by atoms with Crippen molar-refractivity contribution in [3.05, 3.63) is 83.7 Å². The number of carbonyl (C=O) groups is 1. The number of pyridine rings is 1. The predicted octanol–water partition coefficient (Wildman–Crippen LogP) is 5.57. The molecule has 0 bridgehead atoms. The highest BCUT2D eigenvalue weighted by Crippen LogP contribution is 2.34. The second-order valence-corrected chi connectivity index (χ2v) is 9.15. The number of para-hydroxylation sites is 1. The summed E-state index contributed by atoms with van der Waals surface area (Å²) in [6, 6.07) is 19.9. The van der Waals surface area contributed by atoms with Crippen LogP contribution in [0.2, 0.25) is 0 Å². The van der Waals surface area contributed by atoms with E-state index in [1.54, 1.807) is 7.11 Å². The summed E-state index contributed by atoms with van der Waals surface area (Å²) >= 11 is 0. The van der Waals surface area contributed by atoms with Gasteiger partial charge in [-0.2, -0.15) is 0 Å². The molecule has 4 aromatic rings. The van der Waals surface area contributed by atoms with Crippen molar-refractivity contribution in [3.8, 4) is 11.5 Å². The highest BCUT2D eigenvalue weighted by Gasteiger charge is 2.23. The van der Waals surface area contributed by atoms with Crippen molar-refractivity contribution in [1.82, 2.24) is 9.55 Å². The molecule has 1 atom stereocenters. The minimum atomic E-state index is -0.261. The third-order valence-corrected chi connectivity index (χ3v) is 6.77. The topological polar surface area (TPSA) is 74.6 Å². The SMILES string of the molecule is CCOC(=O)CC(c1ccccc1OC)n1ccc2cc(OCCc3ccc4c(n3)NCCC4)ccc21. The van der Waals surface area contributed by atoms with Crippen molar-refractivity contribution in [2.75, 3.05) is 32.2 Å². The number of hydrogen-bond acceptors (Lipinski definition) is 6. The highest BCUT2D eigenvalue weighted by molar-refractivity contribution is 5.82. The summed E-state index contributed by atoms with van der Waals surface area (Å²) in [6.07, 6.45) is 5.20. The average molecular weight is 500 g/mol. The van der Waals surface area contributed by atoms with Gasteiger partial charge >= 0.3 is 5.97 Å². The van der Waals surface area contributed by atoms with E-state index in [1.807, 2.05) is 61.7 Å². The molecular formula is C30H33N3O4. The summed E-state index contributed by atoms with van der Waals surface area (Å²) in [4.78, 5) is 17.3. The molecule has 0 spiro atoms. The summed E-state index contributed by atoms with van der Waals surface area (Å²) in [5.41, 5.74) is 4.26. The first kappa shape index (κ1) is 24.7. The maximum Gasteiger partial charge on any atom is 0.308 e. The Balaban J connectivity index is 1.33. The molecule has 0 fully saturated rings. The Kier molecular flexibility index (Phi) is 7.59. The maximum absolute atomic E-state index is 12.5. The van der Waals surface area contributed by atoms with Crippen LogP contribution in [0.25, 0.3) is 10.9 Å². The Morgan fingerprint density at radius 3 is 2.89 bits per heavy atom. The number of nitrogens with one attached hydrogen (secondary N) is 1. The summed E-state index contributed by atoms with van der Waals surface area (Å²) in [5, 5.41) is 4.43. The maximum atomic E-state index is 12.5. The van der Waals surface area contributed by atoms with Gasteiger partial charge in [0, 0.05) is 41.3 Å². The molecule has 0 saturated heterocycles. The number of aromatic nitrogens is 2. The minimum absolute atomic E-state index is 0.207. The third kappa shape index (κ3) is 5.56. The molecule has 1 aliphatic heterocycles. The van der Waals surface area contributed by atoms with Gasteiger partial charge in [-0.15, -0.1) is 0 Å². The highest BCUT2D eigenvalue weighted by atomic mass is 16.5. The number of methoxy groups -OCH3 is 1. The lowest BCUT2D eigenvalue weighted by molar-refractivity contribution is -0.143. The number of hydrogen-bond donors (Lipinski definition) is 1. The van der Waals surface area contributed by atoms with Crippen LogP contribution in [0.5, 0.6) is 11.5 Å². The second-order valence-electron chi connectivity index (χ2n) is 9.15. The fourth-order valence-corrected chi connectivity index (χ4v) is 4.96. The summed E-state index contributed by atoms with van der Waals surface area (Å²) < 4.78 is 19.1. The van der Waals surface area contributed by atoms with Gasteiger partial charge in [-0.05, 0) is 61.7 Å². The molecule has 7 nitrogen and oxygen atoms in total. The van der Waals surface area contributed by atoms with Gasteiger partial charge in [0.2, 0.25) is 0 Å². The molecule has 0 saturated carbocycles. The Labute approximate surface area is 217 Å². The lowest BCUT2D eigenvalue weighted by atomic mass is 10.0. The zero-order chi connectivity index (χ0) is 25.6. The molecular weight excluding hydrogens is 466 g/mol. The number of rotatable bonds is 10. The number of carbonyl (C=O) groups excluding carboxylic acids is 1. The number of ether oxygens (including phenoxy) is 3. The van der Waals surface area contributed by atoms with Gasteiger partial charge in [0.15, 0.2) is 0 Å². The molecule has 192 valence electrons. The first-order valence-electron chi connectivity index (χ1n) is 12.9. The van der Waals surface area contributed by atoms with Gasteiger partial charge in [-0.25, -0.2) is 4.98 Å². The van der Waals surface area contributed by atoms with Crippen molar-refractivity contribution in [3.63, 3.8) is 0 Å². The second kappa shape index (κ2) is 11.4. The number of aryl methyl sites for hydroxylation is 1. The van der Waals surface area contributed by atoms with E-state index in [1.165, 1.54) is 5.56 Å². The smallest absolute Gasteiger partial charge is 0.308 e. The summed E-state index contributed by atoms with van der Waals surface area (Å²) in [6.45, 7) is 3.70. The fourth-order valence-electron chi connectivity index (χ4n) is 4.96. The van der Waals surface area contributed by atoms with Crippen molar-refractivity contribution in [1.29, 1.82) is 0 Å². The number of anilines is 1. The molecule has 0 aliphatic carbocycles. The number of esters is 1. The van der Waals surface area contributed by atoms with Gasteiger partial charge in [-0.3, -0.25) is 4.79 Å². The fraction of sp³-hybridized carbons (Fsp3) is 0.333. The largest absolute Gasteiger partial charge is 0.496 e. The molecule has 2 aromatic heterocycles. The van der Waals surface area contributed by atoms with Crippen molar-refractivity contribution in [2.45, 2.75) is 38.6 Å². The lowest BCUT2D eigenvalue weighted by Crippen LogP contribution is -2.17. The predicted molar refractivity (Wildman–Crippen MR) is 145 cm³/mol. The lowest BCUT2D eigenvalue weighted by Gasteiger charge is -2.22. The quantitative estimate of drug-likeness (QED) is 0.288. The van der Waals surface area contributed by atoms with Gasteiger partial charge < -0.3 is 24.1 Å². The van der Waals surface area contributed by atoms with Crippen LogP contribution in [-0.2, 0) is 22.4 Å². The van der Waals surface area contributed by atoms with E-state index in [4.69, 9.17) is 19.2 Å². The first-order chi connectivity index (χ1) is 18.2. The van der Waals surface area contributed by atoms with Crippen LogP contribution in [0.4, 0.5) is 5.82 Å². The van der Waals surface area contributed by atoms with Gasteiger partial charge in [0.1, 0.15) is 17.3 Å². The molecule has 37 heavy (non-hydrogen) atoms. The number of benzene rings is 2. The van der Waals surface area contributed by atoms with Crippen LogP contribution in [0.3, 0.4) is 0 Å². The Morgan fingerprint density at radius 2 is 2.03 bits per heavy atom. The van der Waals surface area contributed by atoms with Crippen LogP contribution in [0, 0.1) is 0 Å². The Hall–Kier alpha value is -4.00. The first-order valence-corrected chi connectivity index (χ1v) is 12.9. The van der Waals surface area contributed by atoms with Crippen molar-refractivity contribution < 1.29 is 19.0 Å². The standard InChI is InChI=1S/C30H33N3O4/c1-3-36-29(34)20-27(25-8-4-5-9-28(25)35-2)33-17-14-22-19-24(12-13-26(22)33)37-18-15-23-11-10-21-7-6-16-31-30(21)32-23/h4-5,8-14,17,19,27H,3,6-7,15-16,18,20H2,1-2H3,(H,31,32). The minimum Gasteiger partial charge on any atom is -0.496 e. The zero-order valence-corrected chi connectivity index (χ0v) is 21.4. The van der Waals surface area contributed by atoms with E-state index < -0.39 is 0 Å². The Bertz CT molecular complexity index is 1380. The zero-order valence-electron chi connectivity index (χ0n) is 21.4. The van der Waals surface area contributed by atoms with Crippen LogP contribution in [0.15, 0.2) is 66.9 Å². The van der Waals surface area contributed by atoms with Crippen LogP contribution < -0.4 is 14.8 Å². The van der Waals surface area contributed by atoms with E-state index >= 15 is 0 Å². The van der Waals surface area contributed by atoms with Gasteiger partial charge in [0.25, 0.3) is 0 Å².